The summed E-state index contributed by atoms with van der Waals surface area (Å²) in [5, 5.41) is 10.7. The number of esters is 1. The molecular formula is C24H36N4O6S2. The number of fused-ring (bicyclic) bond motifs is 7. The Balaban J connectivity index is 2.55. The van der Waals surface area contributed by atoms with Crippen LogP contribution in [0.3, 0.4) is 0 Å². The summed E-state index contributed by atoms with van der Waals surface area (Å²) in [6.07, 6.45) is 4.51. The second-order valence-electron chi connectivity index (χ2n) is 9.24. The molecule has 0 aliphatic carbocycles. The van der Waals surface area contributed by atoms with Crippen molar-refractivity contribution in [1.29, 1.82) is 0 Å². The fourth-order valence-electron chi connectivity index (χ4n) is 3.50. The number of ether oxygens (including phenoxy) is 1. The van der Waals surface area contributed by atoms with Crippen molar-refractivity contribution in [3.05, 3.63) is 23.9 Å². The molecule has 4 atom stereocenters. The monoisotopic (exact) mass is 540 g/mol. The lowest BCUT2D eigenvalue weighted by Crippen LogP contribution is -2.57. The molecule has 2 aliphatic heterocycles. The first-order valence-corrected chi connectivity index (χ1v) is 14.5. The van der Waals surface area contributed by atoms with Gasteiger partial charge in [-0.15, -0.1) is 0 Å². The van der Waals surface area contributed by atoms with Crippen molar-refractivity contribution in [2.75, 3.05) is 11.5 Å². The smallest absolute Gasteiger partial charge is 0.329 e. The lowest BCUT2D eigenvalue weighted by molar-refractivity contribution is -0.153. The fraction of sp³-hybridized carbons (Fsp3) is 0.625. The lowest BCUT2D eigenvalue weighted by atomic mass is 10.0. The predicted octanol–water partition coefficient (Wildman–Crippen LogP) is 1.43. The van der Waals surface area contributed by atoms with Crippen LogP contribution in [0.5, 0.6) is 0 Å². The summed E-state index contributed by atoms with van der Waals surface area (Å²) in [6.45, 7) is 8.66. The van der Waals surface area contributed by atoms with E-state index in [4.69, 9.17) is 4.74 Å². The molecule has 2 bridgehead atoms. The van der Waals surface area contributed by atoms with E-state index < -0.39 is 53.8 Å². The predicted molar refractivity (Wildman–Crippen MR) is 141 cm³/mol. The molecule has 0 saturated carbocycles. The Morgan fingerprint density at radius 1 is 0.944 bits per heavy atom. The fourth-order valence-corrected chi connectivity index (χ4v) is 5.66. The quantitative estimate of drug-likeness (QED) is 0.178. The van der Waals surface area contributed by atoms with Crippen LogP contribution in [-0.4, -0.2) is 65.3 Å². The summed E-state index contributed by atoms with van der Waals surface area (Å²) < 4.78 is 5.65. The van der Waals surface area contributed by atoms with Gasteiger partial charge in [0.2, 0.25) is 17.7 Å². The van der Waals surface area contributed by atoms with Gasteiger partial charge in [0, 0.05) is 11.5 Å². The highest BCUT2D eigenvalue weighted by molar-refractivity contribution is 8.76. The Morgan fingerprint density at radius 2 is 1.64 bits per heavy atom. The Morgan fingerprint density at radius 3 is 2.28 bits per heavy atom. The number of rotatable bonds is 2. The minimum absolute atomic E-state index is 0.0445. The number of hydrogen-bond acceptors (Lipinski definition) is 8. The van der Waals surface area contributed by atoms with E-state index in [0.29, 0.717) is 12.2 Å². The average molecular weight is 541 g/mol. The zero-order valence-electron chi connectivity index (χ0n) is 21.3. The molecule has 2 aliphatic rings. The molecule has 0 aromatic rings. The lowest BCUT2D eigenvalue weighted by Gasteiger charge is -2.27. The van der Waals surface area contributed by atoms with Crippen LogP contribution < -0.4 is 21.3 Å². The third-order valence-corrected chi connectivity index (χ3v) is 8.03. The van der Waals surface area contributed by atoms with Crippen molar-refractivity contribution in [2.24, 2.45) is 11.8 Å². The van der Waals surface area contributed by atoms with E-state index in [0.717, 1.165) is 0 Å². The van der Waals surface area contributed by atoms with Crippen LogP contribution in [-0.2, 0) is 28.7 Å². The number of carbonyl (C=O) groups excluding carboxylic acids is 5. The number of carbonyl (C=O) groups is 5. The van der Waals surface area contributed by atoms with Gasteiger partial charge in [-0.2, -0.15) is 0 Å². The van der Waals surface area contributed by atoms with Gasteiger partial charge in [-0.25, -0.2) is 4.79 Å². The van der Waals surface area contributed by atoms with Crippen LogP contribution in [0.15, 0.2) is 23.9 Å². The maximum atomic E-state index is 13.2. The first-order chi connectivity index (χ1) is 17.0. The van der Waals surface area contributed by atoms with E-state index in [1.807, 2.05) is 6.08 Å². The van der Waals surface area contributed by atoms with E-state index in [1.54, 1.807) is 40.7 Å². The van der Waals surface area contributed by atoms with Crippen molar-refractivity contribution < 1.29 is 28.7 Å². The van der Waals surface area contributed by atoms with Crippen LogP contribution in [0.4, 0.5) is 0 Å². The molecule has 10 nitrogen and oxygen atoms in total. The molecule has 0 aromatic heterocycles. The number of hydrogen-bond donors (Lipinski definition) is 4. The number of nitrogens with one attached hydrogen (secondary N) is 4. The number of amides is 4. The Hall–Kier alpha value is -2.47. The maximum absolute atomic E-state index is 13.2. The van der Waals surface area contributed by atoms with Gasteiger partial charge >= 0.3 is 5.97 Å². The molecule has 0 unspecified atom stereocenters. The molecule has 12 heteroatoms. The van der Waals surface area contributed by atoms with Crippen molar-refractivity contribution in [3.63, 3.8) is 0 Å². The molecule has 4 N–H and O–H groups in total. The van der Waals surface area contributed by atoms with Crippen molar-refractivity contribution >= 4 is 51.2 Å². The van der Waals surface area contributed by atoms with Crippen molar-refractivity contribution in [3.8, 4) is 0 Å². The van der Waals surface area contributed by atoms with Crippen LogP contribution in [0.2, 0.25) is 0 Å². The van der Waals surface area contributed by atoms with Gasteiger partial charge in [0.1, 0.15) is 29.9 Å². The SMILES string of the molecule is C/C=C1\NC(=O)[C@@H]2CSSCC/C=C/[C@H](CC(=O)N[C@H](C(C)C)C(=O)N2)OC(=O)[C@H](C(C)C)NC1=O. The first-order valence-electron chi connectivity index (χ1n) is 12.0. The van der Waals surface area contributed by atoms with Gasteiger partial charge in [-0.3, -0.25) is 19.2 Å². The minimum atomic E-state index is -1.00. The molecule has 4 amide bonds. The van der Waals surface area contributed by atoms with E-state index in [9.17, 15) is 24.0 Å². The van der Waals surface area contributed by atoms with Gasteiger partial charge in [-0.05, 0) is 31.3 Å². The number of allylic oxidation sites excluding steroid dienone is 2. The molecule has 0 spiro atoms. The zero-order chi connectivity index (χ0) is 26.8. The highest BCUT2D eigenvalue weighted by atomic mass is 33.1. The van der Waals surface area contributed by atoms with Crippen LogP contribution in [0.1, 0.15) is 47.5 Å². The normalized spacial score (nSPS) is 29.6. The van der Waals surface area contributed by atoms with Crippen LogP contribution >= 0.6 is 21.6 Å². The standard InChI is InChI=1S/C24H36N4O6S2/c1-6-16-21(30)28-20(14(4)5)24(33)34-15-9-7-8-10-35-36-12-17(22(31)25-16)26-23(32)19(13(2)3)27-18(29)11-15/h6-7,9,13-15,17,19-20H,8,10-12H2,1-5H3,(H,25,31)(H,26,32)(H,27,29)(H,28,30)/b9-7+,16-6-/t15-,17+,19-,20+/m1/s1. The molecule has 0 radical (unpaired) electrons. The third kappa shape index (κ3) is 8.88. The van der Waals surface area contributed by atoms with Crippen LogP contribution in [0, 0.1) is 11.8 Å². The van der Waals surface area contributed by atoms with E-state index >= 15 is 0 Å². The van der Waals surface area contributed by atoms with Gasteiger partial charge in [0.15, 0.2) is 0 Å². The Kier molecular flexibility index (Phi) is 11.8. The summed E-state index contributed by atoms with van der Waals surface area (Å²) in [7, 11) is 2.95. The first kappa shape index (κ1) is 29.8. The van der Waals surface area contributed by atoms with Gasteiger partial charge < -0.3 is 26.0 Å². The second kappa shape index (κ2) is 14.3. The summed E-state index contributed by atoms with van der Waals surface area (Å²) in [4.78, 5) is 65.2. The average Bonchev–Trinajstić information content (AvgIpc) is 2.81. The summed E-state index contributed by atoms with van der Waals surface area (Å²) in [6, 6.07) is -2.86. The summed E-state index contributed by atoms with van der Waals surface area (Å²) in [5.41, 5.74) is -0.0445. The molecule has 1 saturated heterocycles. The Labute approximate surface area is 220 Å². The zero-order valence-corrected chi connectivity index (χ0v) is 22.9. The van der Waals surface area contributed by atoms with Gasteiger partial charge in [0.05, 0.1) is 6.42 Å². The summed E-state index contributed by atoms with van der Waals surface area (Å²) >= 11 is 0. The molecule has 2 heterocycles. The molecule has 36 heavy (non-hydrogen) atoms. The molecule has 2 rings (SSSR count). The topological polar surface area (TPSA) is 143 Å². The largest absolute Gasteiger partial charge is 0.456 e. The molecule has 200 valence electrons. The van der Waals surface area contributed by atoms with Crippen molar-refractivity contribution in [1.82, 2.24) is 21.3 Å². The maximum Gasteiger partial charge on any atom is 0.329 e. The highest BCUT2D eigenvalue weighted by Gasteiger charge is 2.33. The molecule has 1 fully saturated rings. The van der Waals surface area contributed by atoms with E-state index in [-0.39, 0.29) is 29.7 Å². The summed E-state index contributed by atoms with van der Waals surface area (Å²) in [5.74, 6) is -2.54. The second-order valence-corrected chi connectivity index (χ2v) is 11.9. The van der Waals surface area contributed by atoms with E-state index in [1.165, 1.54) is 27.7 Å². The van der Waals surface area contributed by atoms with Gasteiger partial charge in [-0.1, -0.05) is 61.4 Å². The highest BCUT2D eigenvalue weighted by Crippen LogP contribution is 2.24. The third-order valence-electron chi connectivity index (χ3n) is 5.59. The van der Waals surface area contributed by atoms with E-state index in [2.05, 4.69) is 21.3 Å². The Bertz CT molecular complexity index is 905. The molecular weight excluding hydrogens is 504 g/mol. The van der Waals surface area contributed by atoms with Crippen molar-refractivity contribution in [2.45, 2.75) is 71.7 Å². The molecule has 0 aromatic carbocycles. The van der Waals surface area contributed by atoms with Crippen LogP contribution in [0.25, 0.3) is 0 Å². The van der Waals surface area contributed by atoms with Gasteiger partial charge in [0.25, 0.3) is 5.91 Å². The minimum Gasteiger partial charge on any atom is -0.456 e.